The molecule has 2 heterocycles. The van der Waals surface area contributed by atoms with E-state index in [1.165, 1.54) is 25.4 Å². The zero-order valence-electron chi connectivity index (χ0n) is 11.8. The average molecular weight is 327 g/mol. The van der Waals surface area contributed by atoms with Gasteiger partial charge in [-0.3, -0.25) is 4.98 Å². The number of alkyl halides is 4. The van der Waals surface area contributed by atoms with E-state index in [-0.39, 0.29) is 23.2 Å². The van der Waals surface area contributed by atoms with Crippen LogP contribution >= 0.6 is 0 Å². The highest BCUT2D eigenvalue weighted by Crippen LogP contribution is 2.28. The highest BCUT2D eigenvalue weighted by molar-refractivity contribution is 5.58. The Morgan fingerprint density at radius 2 is 1.78 bits per heavy atom. The molecule has 0 aliphatic carbocycles. The second-order valence-electron chi connectivity index (χ2n) is 4.63. The van der Waals surface area contributed by atoms with E-state index in [2.05, 4.69) is 20.9 Å². The van der Waals surface area contributed by atoms with Gasteiger partial charge in [-0.15, -0.1) is 4.39 Å². The van der Waals surface area contributed by atoms with Crippen LogP contribution in [0.4, 0.5) is 22.0 Å². The van der Waals surface area contributed by atoms with Crippen molar-refractivity contribution in [1.82, 2.24) is 15.0 Å². The van der Waals surface area contributed by atoms with Gasteiger partial charge in [-0.25, -0.2) is 14.4 Å². The first-order valence-electron chi connectivity index (χ1n) is 6.44. The summed E-state index contributed by atoms with van der Waals surface area (Å²) in [5.74, 6) is 0.911. The number of rotatable bonds is 3. The van der Waals surface area contributed by atoms with E-state index in [0.717, 1.165) is 12.4 Å². The first-order chi connectivity index (χ1) is 10.8. The number of aromatic nitrogens is 3. The second-order valence-corrected chi connectivity index (χ2v) is 4.63. The molecule has 0 N–H and O–H groups in total. The van der Waals surface area contributed by atoms with Gasteiger partial charge in [0.1, 0.15) is 12.3 Å². The molecule has 1 atom stereocenters. The van der Waals surface area contributed by atoms with Crippen molar-refractivity contribution in [2.75, 3.05) is 0 Å². The lowest BCUT2D eigenvalue weighted by Gasteiger charge is -2.10. The predicted molar refractivity (Wildman–Crippen MR) is 72.4 cm³/mol. The van der Waals surface area contributed by atoms with Crippen LogP contribution in [0.1, 0.15) is 30.0 Å². The maximum atomic E-state index is 13.5. The van der Waals surface area contributed by atoms with Crippen LogP contribution in [0.25, 0.3) is 11.3 Å². The molecule has 2 aromatic heterocycles. The molecule has 0 aromatic carbocycles. The maximum absolute atomic E-state index is 13.5. The Balaban J connectivity index is 2.41. The summed E-state index contributed by atoms with van der Waals surface area (Å²) in [5.41, 5.74) is 1.11. The molecule has 23 heavy (non-hydrogen) atoms. The fraction of sp³-hybridized carbons (Fsp3) is 0.267. The lowest BCUT2D eigenvalue weighted by Crippen LogP contribution is -2.10. The number of halogens is 5. The first kappa shape index (κ1) is 16.8. The highest BCUT2D eigenvalue weighted by atomic mass is 19.4. The van der Waals surface area contributed by atoms with E-state index >= 15 is 0 Å². The van der Waals surface area contributed by atoms with Gasteiger partial charge in [0.25, 0.3) is 0 Å². The van der Waals surface area contributed by atoms with E-state index in [0.29, 0.717) is 5.56 Å². The zero-order valence-corrected chi connectivity index (χ0v) is 11.8. The Morgan fingerprint density at radius 3 is 2.30 bits per heavy atom. The van der Waals surface area contributed by atoms with Gasteiger partial charge in [-0.05, 0) is 18.6 Å². The van der Waals surface area contributed by atoms with E-state index in [1.807, 2.05) is 0 Å². The molecule has 8 heteroatoms. The molecule has 3 nitrogen and oxygen atoms in total. The maximum Gasteiger partial charge on any atom is 0.451 e. The molecule has 0 saturated heterocycles. The van der Waals surface area contributed by atoms with Crippen molar-refractivity contribution in [3.05, 3.63) is 41.6 Å². The predicted octanol–water partition coefficient (Wildman–Crippen LogP) is 4.06. The molecule has 0 aliphatic heterocycles. The van der Waals surface area contributed by atoms with Crippen molar-refractivity contribution in [3.63, 3.8) is 0 Å². The van der Waals surface area contributed by atoms with Gasteiger partial charge in [0.2, 0.25) is 5.82 Å². The van der Waals surface area contributed by atoms with Gasteiger partial charge in [-0.2, -0.15) is 13.2 Å². The summed E-state index contributed by atoms with van der Waals surface area (Å²) in [6.45, 7) is 1.30. The van der Waals surface area contributed by atoms with Crippen LogP contribution in [0, 0.1) is 12.1 Å². The minimum Gasteiger partial charge on any atom is -0.256 e. The van der Waals surface area contributed by atoms with E-state index in [9.17, 15) is 22.0 Å². The van der Waals surface area contributed by atoms with Crippen LogP contribution in [0.5, 0.6) is 0 Å². The van der Waals surface area contributed by atoms with Crippen LogP contribution < -0.4 is 0 Å². The lowest BCUT2D eigenvalue weighted by molar-refractivity contribution is -0.144. The third kappa shape index (κ3) is 4.00. The fourth-order valence-electron chi connectivity index (χ4n) is 1.91. The molecule has 0 aliphatic rings. The third-order valence-corrected chi connectivity index (χ3v) is 3.00. The first-order valence-corrected chi connectivity index (χ1v) is 6.44. The Kier molecular flexibility index (Phi) is 4.89. The quantitative estimate of drug-likeness (QED) is 0.630. The van der Waals surface area contributed by atoms with Crippen LogP contribution in [0.3, 0.4) is 0 Å². The van der Waals surface area contributed by atoms with Gasteiger partial charge >= 0.3 is 6.18 Å². The van der Waals surface area contributed by atoms with E-state index in [4.69, 9.17) is 0 Å². The number of pyridine rings is 1. The molecule has 2 rings (SSSR count). The van der Waals surface area contributed by atoms with Crippen LogP contribution in [0.2, 0.25) is 0 Å². The molecule has 0 fully saturated rings. The summed E-state index contributed by atoms with van der Waals surface area (Å²) in [7, 11) is 0. The third-order valence-electron chi connectivity index (χ3n) is 3.00. The standard InChI is InChI=1S/C15H10F5N3/c1-9(17)12-8-21-13(5-10(12)3-2-4-16)11-6-22-14(23-7-11)15(18,19)20/h5-9H,3H2,1H3. The fourth-order valence-corrected chi connectivity index (χ4v) is 1.91. The number of hydrogen-bond donors (Lipinski definition) is 0. The second kappa shape index (κ2) is 6.69. The normalized spacial score (nSPS) is 12.4. The molecule has 120 valence electrons. The number of hydrogen-bond acceptors (Lipinski definition) is 3. The van der Waals surface area contributed by atoms with Crippen molar-refractivity contribution in [3.8, 4) is 23.4 Å². The minimum atomic E-state index is -4.64. The summed E-state index contributed by atoms with van der Waals surface area (Å²) in [4.78, 5) is 10.5. The summed E-state index contributed by atoms with van der Waals surface area (Å²) in [6.07, 6.45) is -1.61. The molecule has 0 bridgehead atoms. The monoisotopic (exact) mass is 327 g/mol. The van der Waals surface area contributed by atoms with Gasteiger partial charge in [0.05, 0.1) is 5.69 Å². The van der Waals surface area contributed by atoms with Crippen LogP contribution in [0.15, 0.2) is 24.7 Å². The molecular weight excluding hydrogens is 317 g/mol. The topological polar surface area (TPSA) is 38.7 Å². The average Bonchev–Trinajstić information content (AvgIpc) is 2.51. The molecule has 0 amide bonds. The molecule has 0 spiro atoms. The summed E-state index contributed by atoms with van der Waals surface area (Å²) in [6, 6.07) is 1.43. The van der Waals surface area contributed by atoms with Crippen LogP contribution in [-0.4, -0.2) is 15.0 Å². The SMILES string of the molecule is CC(F)c1cnc(-c2cnc(C(F)(F)F)nc2)cc1CC#CF. The van der Waals surface area contributed by atoms with Gasteiger partial charge in [0.15, 0.2) is 0 Å². The van der Waals surface area contributed by atoms with E-state index < -0.39 is 18.2 Å². The van der Waals surface area contributed by atoms with Gasteiger partial charge in [-0.1, -0.05) is 5.92 Å². The molecule has 1 unspecified atom stereocenters. The van der Waals surface area contributed by atoms with Crippen molar-refractivity contribution in [2.24, 2.45) is 0 Å². The molecular formula is C15H10F5N3. The summed E-state index contributed by atoms with van der Waals surface area (Å²) in [5, 5.41) is 0. The summed E-state index contributed by atoms with van der Waals surface area (Å²) < 4.78 is 62.8. The largest absolute Gasteiger partial charge is 0.451 e. The highest BCUT2D eigenvalue weighted by Gasteiger charge is 2.34. The smallest absolute Gasteiger partial charge is 0.256 e. The van der Waals surface area contributed by atoms with Crippen molar-refractivity contribution < 1.29 is 22.0 Å². The zero-order chi connectivity index (χ0) is 17.0. The van der Waals surface area contributed by atoms with Crippen molar-refractivity contribution in [1.29, 1.82) is 0 Å². The van der Waals surface area contributed by atoms with Crippen LogP contribution in [-0.2, 0) is 12.6 Å². The minimum absolute atomic E-state index is 0.0445. The molecule has 0 saturated carbocycles. The van der Waals surface area contributed by atoms with Gasteiger partial charge in [0, 0.05) is 36.1 Å². The Bertz CT molecular complexity index is 742. The molecule has 0 radical (unpaired) electrons. The van der Waals surface area contributed by atoms with Gasteiger partial charge < -0.3 is 0 Å². The van der Waals surface area contributed by atoms with Crippen molar-refractivity contribution >= 4 is 0 Å². The Labute approximate surface area is 128 Å². The molecule has 2 aromatic rings. The number of nitrogens with zero attached hydrogens (tertiary/aromatic N) is 3. The van der Waals surface area contributed by atoms with E-state index in [1.54, 1.807) is 0 Å². The van der Waals surface area contributed by atoms with Crippen molar-refractivity contribution in [2.45, 2.75) is 25.7 Å². The Hall–Kier alpha value is -2.56. The lowest BCUT2D eigenvalue weighted by atomic mass is 10.0. The Morgan fingerprint density at radius 1 is 1.13 bits per heavy atom. The summed E-state index contributed by atoms with van der Waals surface area (Å²) >= 11 is 0.